The molecular weight excluding hydrogens is 319 g/mol. The van der Waals surface area contributed by atoms with Gasteiger partial charge >= 0.3 is 6.03 Å². The summed E-state index contributed by atoms with van der Waals surface area (Å²) in [5, 5.41) is 7.00. The maximum Gasteiger partial charge on any atom is 0.314 e. The molecule has 22 heavy (non-hydrogen) atoms. The van der Waals surface area contributed by atoms with Crippen molar-refractivity contribution in [2.75, 3.05) is 13.1 Å². The number of hydrogen-bond acceptors (Lipinski definition) is 1. The second kappa shape index (κ2) is 9.06. The first-order chi connectivity index (χ1) is 10.6. The zero-order chi connectivity index (χ0) is 15.8. The minimum atomic E-state index is -0.124. The van der Waals surface area contributed by atoms with Gasteiger partial charge in [-0.15, -0.1) is 0 Å². The summed E-state index contributed by atoms with van der Waals surface area (Å²) in [7, 11) is 0. The van der Waals surface area contributed by atoms with Crippen molar-refractivity contribution in [1.29, 1.82) is 0 Å². The van der Waals surface area contributed by atoms with Crippen LogP contribution in [0, 0.1) is 0 Å². The zero-order valence-corrected chi connectivity index (χ0v) is 14.1. The molecule has 0 saturated carbocycles. The highest BCUT2D eigenvalue weighted by Crippen LogP contribution is 2.21. The Morgan fingerprint density at radius 2 is 1.86 bits per heavy atom. The lowest BCUT2D eigenvalue weighted by molar-refractivity contribution is 0.241. The van der Waals surface area contributed by atoms with E-state index in [0.29, 0.717) is 29.6 Å². The number of benzene rings is 1. The number of rotatable bonds is 6. The van der Waals surface area contributed by atoms with Crippen LogP contribution in [0.1, 0.15) is 37.7 Å². The molecule has 5 heteroatoms. The van der Waals surface area contributed by atoms with E-state index >= 15 is 0 Å². The third kappa shape index (κ3) is 5.90. The Morgan fingerprint density at radius 1 is 1.09 bits per heavy atom. The van der Waals surface area contributed by atoms with Crippen molar-refractivity contribution >= 4 is 29.2 Å². The van der Waals surface area contributed by atoms with Crippen molar-refractivity contribution in [3.05, 3.63) is 45.5 Å². The minimum Gasteiger partial charge on any atom is -0.338 e. The number of hydrogen-bond donors (Lipinski definition) is 2. The van der Waals surface area contributed by atoms with Crippen LogP contribution < -0.4 is 10.6 Å². The van der Waals surface area contributed by atoms with Crippen LogP contribution in [-0.2, 0) is 6.42 Å². The fourth-order valence-corrected chi connectivity index (χ4v) is 3.07. The second-order valence-corrected chi connectivity index (χ2v) is 6.37. The van der Waals surface area contributed by atoms with Gasteiger partial charge in [-0.25, -0.2) is 4.79 Å². The van der Waals surface area contributed by atoms with E-state index in [1.807, 2.05) is 6.07 Å². The predicted octanol–water partition coefficient (Wildman–Crippen LogP) is 4.73. The number of allylic oxidation sites excluding steroid dienone is 1. The molecule has 1 aliphatic carbocycles. The number of nitrogens with one attached hydrogen (secondary N) is 2. The molecule has 2 rings (SSSR count). The molecule has 0 heterocycles. The molecule has 0 saturated heterocycles. The van der Waals surface area contributed by atoms with Gasteiger partial charge in [0.15, 0.2) is 0 Å². The molecule has 2 N–H and O–H groups in total. The molecule has 0 atom stereocenters. The van der Waals surface area contributed by atoms with Crippen LogP contribution >= 0.6 is 23.2 Å². The van der Waals surface area contributed by atoms with Gasteiger partial charge in [-0.1, -0.05) is 40.9 Å². The first-order valence-electron chi connectivity index (χ1n) is 7.78. The first-order valence-corrected chi connectivity index (χ1v) is 8.54. The van der Waals surface area contributed by atoms with E-state index < -0.39 is 0 Å². The van der Waals surface area contributed by atoms with E-state index in [9.17, 15) is 4.79 Å². The third-order valence-electron chi connectivity index (χ3n) is 3.81. The van der Waals surface area contributed by atoms with Crippen molar-refractivity contribution in [3.8, 4) is 0 Å². The molecule has 0 bridgehead atoms. The Hall–Kier alpha value is -1.19. The maximum atomic E-state index is 11.7. The summed E-state index contributed by atoms with van der Waals surface area (Å²) in [5.41, 5.74) is 2.46. The zero-order valence-electron chi connectivity index (χ0n) is 12.6. The quantitative estimate of drug-likeness (QED) is 0.722. The van der Waals surface area contributed by atoms with Gasteiger partial charge in [0.2, 0.25) is 0 Å². The molecule has 2 amide bonds. The standard InChI is InChI=1S/C17H22Cl2N2O/c18-15-7-6-14(16(19)12-15)9-11-21-17(22)20-10-8-13-4-2-1-3-5-13/h4,6-7,12H,1-3,5,8-11H2,(H2,20,21,22). The van der Waals surface area contributed by atoms with Gasteiger partial charge in [-0.05, 0) is 56.2 Å². The lowest BCUT2D eigenvalue weighted by Crippen LogP contribution is -2.37. The van der Waals surface area contributed by atoms with Crippen LogP contribution in [0.3, 0.4) is 0 Å². The van der Waals surface area contributed by atoms with E-state index in [1.165, 1.54) is 31.3 Å². The SMILES string of the molecule is O=C(NCCC1=CCCCC1)NCCc1ccc(Cl)cc1Cl. The monoisotopic (exact) mass is 340 g/mol. The highest BCUT2D eigenvalue weighted by atomic mass is 35.5. The maximum absolute atomic E-state index is 11.7. The Labute approximate surface area is 142 Å². The van der Waals surface area contributed by atoms with Crippen molar-refractivity contribution < 1.29 is 4.79 Å². The molecule has 1 aliphatic rings. The predicted molar refractivity (Wildman–Crippen MR) is 92.7 cm³/mol. The van der Waals surface area contributed by atoms with E-state index in [-0.39, 0.29) is 6.03 Å². The van der Waals surface area contributed by atoms with Crippen molar-refractivity contribution in [1.82, 2.24) is 10.6 Å². The Bertz CT molecular complexity index is 543. The van der Waals surface area contributed by atoms with Crippen LogP contribution in [0.4, 0.5) is 4.79 Å². The second-order valence-electron chi connectivity index (χ2n) is 5.53. The fraction of sp³-hybridized carbons (Fsp3) is 0.471. The van der Waals surface area contributed by atoms with Crippen LogP contribution in [0.25, 0.3) is 0 Å². The molecule has 0 fully saturated rings. The molecule has 0 unspecified atom stereocenters. The van der Waals surface area contributed by atoms with Crippen LogP contribution in [-0.4, -0.2) is 19.1 Å². The molecule has 1 aromatic rings. The molecule has 0 aliphatic heterocycles. The molecule has 0 radical (unpaired) electrons. The van der Waals surface area contributed by atoms with Crippen LogP contribution in [0.2, 0.25) is 10.0 Å². The highest BCUT2D eigenvalue weighted by molar-refractivity contribution is 6.35. The number of halogens is 2. The van der Waals surface area contributed by atoms with Crippen molar-refractivity contribution in [2.24, 2.45) is 0 Å². The number of carbonyl (C=O) groups excluding carboxylic acids is 1. The summed E-state index contributed by atoms with van der Waals surface area (Å²) in [4.78, 5) is 11.7. The topological polar surface area (TPSA) is 41.1 Å². The van der Waals surface area contributed by atoms with Crippen LogP contribution in [0.15, 0.2) is 29.8 Å². The van der Waals surface area contributed by atoms with Gasteiger partial charge in [0, 0.05) is 23.1 Å². The summed E-state index contributed by atoms with van der Waals surface area (Å²) < 4.78 is 0. The fourth-order valence-electron chi connectivity index (χ4n) is 2.57. The molecular formula is C17H22Cl2N2O. The molecule has 0 spiro atoms. The Kier molecular flexibility index (Phi) is 7.07. The largest absolute Gasteiger partial charge is 0.338 e. The lowest BCUT2D eigenvalue weighted by atomic mass is 9.97. The summed E-state index contributed by atoms with van der Waals surface area (Å²) in [6, 6.07) is 5.29. The molecule has 120 valence electrons. The van der Waals surface area contributed by atoms with Gasteiger partial charge in [-0.3, -0.25) is 0 Å². The average Bonchev–Trinajstić information content (AvgIpc) is 2.50. The van der Waals surface area contributed by atoms with Crippen LogP contribution in [0.5, 0.6) is 0 Å². The average molecular weight is 341 g/mol. The summed E-state index contributed by atoms with van der Waals surface area (Å²) in [6.45, 7) is 1.25. The Balaban J connectivity index is 1.62. The lowest BCUT2D eigenvalue weighted by Gasteiger charge is -2.13. The van der Waals surface area contributed by atoms with E-state index in [2.05, 4.69) is 16.7 Å². The third-order valence-corrected chi connectivity index (χ3v) is 4.40. The van der Waals surface area contributed by atoms with Crippen molar-refractivity contribution in [3.63, 3.8) is 0 Å². The van der Waals surface area contributed by atoms with Gasteiger partial charge < -0.3 is 10.6 Å². The van der Waals surface area contributed by atoms with Gasteiger partial charge in [-0.2, -0.15) is 0 Å². The number of urea groups is 1. The number of amides is 2. The first kappa shape index (κ1) is 17.2. The molecule has 1 aromatic carbocycles. The molecule has 0 aromatic heterocycles. The van der Waals surface area contributed by atoms with Gasteiger partial charge in [0.05, 0.1) is 0 Å². The van der Waals surface area contributed by atoms with Crippen molar-refractivity contribution in [2.45, 2.75) is 38.5 Å². The molecule has 3 nitrogen and oxygen atoms in total. The number of carbonyl (C=O) groups is 1. The van der Waals surface area contributed by atoms with E-state index in [0.717, 1.165) is 12.0 Å². The minimum absolute atomic E-state index is 0.124. The highest BCUT2D eigenvalue weighted by Gasteiger charge is 2.05. The Morgan fingerprint density at radius 3 is 2.55 bits per heavy atom. The van der Waals surface area contributed by atoms with E-state index in [1.54, 1.807) is 12.1 Å². The summed E-state index contributed by atoms with van der Waals surface area (Å²) in [6.07, 6.45) is 8.89. The van der Waals surface area contributed by atoms with Gasteiger partial charge in [0.25, 0.3) is 0 Å². The smallest absolute Gasteiger partial charge is 0.314 e. The van der Waals surface area contributed by atoms with E-state index in [4.69, 9.17) is 23.2 Å². The normalized spacial score (nSPS) is 14.4. The summed E-state index contributed by atoms with van der Waals surface area (Å²) in [5.74, 6) is 0. The summed E-state index contributed by atoms with van der Waals surface area (Å²) >= 11 is 11.9. The van der Waals surface area contributed by atoms with Gasteiger partial charge in [0.1, 0.15) is 0 Å².